The summed E-state index contributed by atoms with van der Waals surface area (Å²) in [5.74, 6) is 2.97. The zero-order valence-electron chi connectivity index (χ0n) is 14.5. The minimum Gasteiger partial charge on any atom is -0.493 e. The Morgan fingerprint density at radius 2 is 2.00 bits per heavy atom. The summed E-state index contributed by atoms with van der Waals surface area (Å²) in [6.45, 7) is 0.764. The van der Waals surface area contributed by atoms with Gasteiger partial charge in [-0.1, -0.05) is 12.1 Å². The minimum atomic E-state index is 0.391. The van der Waals surface area contributed by atoms with E-state index in [1.165, 1.54) is 12.8 Å². The summed E-state index contributed by atoms with van der Waals surface area (Å²) >= 11 is 0. The molecule has 1 fully saturated rings. The molecule has 0 unspecified atom stereocenters. The van der Waals surface area contributed by atoms with Gasteiger partial charge < -0.3 is 13.9 Å². The predicted molar refractivity (Wildman–Crippen MR) is 98.6 cm³/mol. The maximum Gasteiger partial charge on any atom is 0.248 e. The molecule has 2 aromatic heterocycles. The lowest BCUT2D eigenvalue weighted by molar-refractivity contribution is 0.298. The van der Waals surface area contributed by atoms with Gasteiger partial charge in [-0.3, -0.25) is 0 Å². The molecule has 0 aliphatic heterocycles. The third-order valence-electron chi connectivity index (χ3n) is 4.30. The maximum absolute atomic E-state index is 5.78. The van der Waals surface area contributed by atoms with Gasteiger partial charge in [-0.15, -0.1) is 10.2 Å². The van der Waals surface area contributed by atoms with Gasteiger partial charge in [0.05, 0.1) is 6.61 Å². The van der Waals surface area contributed by atoms with E-state index in [2.05, 4.69) is 21.2 Å². The van der Waals surface area contributed by atoms with Crippen LogP contribution in [-0.4, -0.2) is 21.8 Å². The molecule has 0 spiro atoms. The van der Waals surface area contributed by atoms with Crippen molar-refractivity contribution in [2.75, 3.05) is 6.61 Å². The minimum absolute atomic E-state index is 0.391. The van der Waals surface area contributed by atoms with Crippen molar-refractivity contribution in [2.45, 2.75) is 12.8 Å². The summed E-state index contributed by atoms with van der Waals surface area (Å²) in [6, 6.07) is 19.4. The van der Waals surface area contributed by atoms with Crippen LogP contribution >= 0.6 is 0 Å². The largest absolute Gasteiger partial charge is 0.493 e. The first kappa shape index (κ1) is 15.8. The average molecular weight is 358 g/mol. The Morgan fingerprint density at radius 3 is 2.81 bits per heavy atom. The molecule has 2 heterocycles. The van der Waals surface area contributed by atoms with Gasteiger partial charge in [0.25, 0.3) is 0 Å². The molecule has 6 nitrogen and oxygen atoms in total. The third-order valence-corrected chi connectivity index (χ3v) is 4.30. The van der Waals surface area contributed by atoms with Gasteiger partial charge in [0.1, 0.15) is 22.7 Å². The van der Waals surface area contributed by atoms with Gasteiger partial charge in [0.2, 0.25) is 11.8 Å². The van der Waals surface area contributed by atoms with Crippen LogP contribution in [0.25, 0.3) is 22.7 Å². The summed E-state index contributed by atoms with van der Waals surface area (Å²) in [5, 5.41) is 8.27. The van der Waals surface area contributed by atoms with Gasteiger partial charge >= 0.3 is 0 Å². The number of hydrogen-bond acceptors (Lipinski definition) is 6. The average Bonchev–Trinajstić information content (AvgIpc) is 3.44. The normalized spacial score (nSPS) is 13.6. The molecule has 0 saturated heterocycles. The fraction of sp³-hybridized carbons (Fsp3) is 0.190. The number of hydrogen-bond donors (Lipinski definition) is 0. The molecule has 6 heteroatoms. The number of nitrogens with zero attached hydrogens (tertiary/aromatic N) is 3. The van der Waals surface area contributed by atoms with Crippen molar-refractivity contribution in [1.82, 2.24) is 15.2 Å². The predicted octanol–water partition coefficient (Wildman–Crippen LogP) is 4.67. The molecule has 2 aromatic carbocycles. The van der Waals surface area contributed by atoms with E-state index >= 15 is 0 Å². The second-order valence-corrected chi connectivity index (χ2v) is 6.50. The Kier molecular flexibility index (Phi) is 3.93. The van der Waals surface area contributed by atoms with E-state index in [0.29, 0.717) is 34.7 Å². The highest BCUT2D eigenvalue weighted by molar-refractivity contribution is 5.75. The second kappa shape index (κ2) is 6.72. The van der Waals surface area contributed by atoms with Crippen molar-refractivity contribution in [3.8, 4) is 29.0 Å². The van der Waals surface area contributed by atoms with Crippen molar-refractivity contribution < 1.29 is 13.9 Å². The van der Waals surface area contributed by atoms with Crippen LogP contribution in [0.1, 0.15) is 12.8 Å². The van der Waals surface area contributed by atoms with E-state index < -0.39 is 0 Å². The molecule has 0 amide bonds. The number of rotatable bonds is 6. The lowest BCUT2D eigenvalue weighted by Crippen LogP contribution is -1.99. The molecule has 0 atom stereocenters. The van der Waals surface area contributed by atoms with Gasteiger partial charge in [-0.2, -0.15) is 0 Å². The third kappa shape index (κ3) is 3.60. The zero-order chi connectivity index (χ0) is 18.1. The van der Waals surface area contributed by atoms with Gasteiger partial charge in [0.15, 0.2) is 5.58 Å². The Morgan fingerprint density at radius 1 is 1.07 bits per heavy atom. The van der Waals surface area contributed by atoms with Crippen LogP contribution in [0.4, 0.5) is 0 Å². The molecule has 133 valence electrons. The second-order valence-electron chi connectivity index (χ2n) is 6.50. The molecule has 1 aliphatic carbocycles. The molecular formula is C21H16N3O3. The first-order chi connectivity index (χ1) is 13.3. The van der Waals surface area contributed by atoms with Crippen LogP contribution in [0, 0.1) is 12.0 Å². The molecule has 0 N–H and O–H groups in total. The summed E-state index contributed by atoms with van der Waals surface area (Å²) in [5.41, 5.74) is 1.96. The maximum atomic E-state index is 5.78. The monoisotopic (exact) mass is 358 g/mol. The first-order valence-corrected chi connectivity index (χ1v) is 8.85. The lowest BCUT2D eigenvalue weighted by atomic mass is 10.3. The van der Waals surface area contributed by atoms with E-state index in [1.54, 1.807) is 24.3 Å². The Labute approximate surface area is 155 Å². The molecule has 1 saturated carbocycles. The zero-order valence-corrected chi connectivity index (χ0v) is 14.5. The first-order valence-electron chi connectivity index (χ1n) is 8.85. The SMILES string of the molecule is [c]1ccc2nc(-c3ccc(Oc4cccc(OCC5CC5)c4)nn3)oc2c1. The van der Waals surface area contributed by atoms with Crippen molar-refractivity contribution in [3.05, 3.63) is 60.7 Å². The molecule has 0 bridgehead atoms. The van der Waals surface area contributed by atoms with E-state index in [9.17, 15) is 0 Å². The summed E-state index contributed by atoms with van der Waals surface area (Å²) in [4.78, 5) is 4.40. The molecule has 4 aromatic rings. The number of ether oxygens (including phenoxy) is 2. The fourth-order valence-corrected chi connectivity index (χ4v) is 2.66. The quantitative estimate of drug-likeness (QED) is 0.499. The van der Waals surface area contributed by atoms with Crippen LogP contribution in [0.5, 0.6) is 17.4 Å². The van der Waals surface area contributed by atoms with E-state index in [0.717, 1.165) is 17.9 Å². The van der Waals surface area contributed by atoms with Crippen LogP contribution in [0.2, 0.25) is 0 Å². The molecule has 27 heavy (non-hydrogen) atoms. The van der Waals surface area contributed by atoms with Gasteiger partial charge in [0, 0.05) is 12.1 Å². The van der Waals surface area contributed by atoms with Crippen molar-refractivity contribution in [3.63, 3.8) is 0 Å². The fourth-order valence-electron chi connectivity index (χ4n) is 2.66. The van der Waals surface area contributed by atoms with E-state index in [-0.39, 0.29) is 0 Å². The highest BCUT2D eigenvalue weighted by Crippen LogP contribution is 2.31. The van der Waals surface area contributed by atoms with Crippen molar-refractivity contribution in [1.29, 1.82) is 0 Å². The summed E-state index contributed by atoms with van der Waals surface area (Å²) in [7, 11) is 0. The number of aromatic nitrogens is 3. The Hall–Kier alpha value is -3.41. The Bertz CT molecular complexity index is 1040. The van der Waals surface area contributed by atoms with Crippen molar-refractivity contribution >= 4 is 11.1 Å². The van der Waals surface area contributed by atoms with Crippen LogP contribution in [0.3, 0.4) is 0 Å². The van der Waals surface area contributed by atoms with Crippen molar-refractivity contribution in [2.24, 2.45) is 5.92 Å². The van der Waals surface area contributed by atoms with Crippen LogP contribution in [0.15, 0.2) is 59.0 Å². The highest BCUT2D eigenvalue weighted by atomic mass is 16.5. The number of oxazole rings is 1. The Balaban J connectivity index is 1.30. The summed E-state index contributed by atoms with van der Waals surface area (Å²) < 4.78 is 17.2. The molecule has 1 aliphatic rings. The summed E-state index contributed by atoms with van der Waals surface area (Å²) in [6.07, 6.45) is 2.52. The molecule has 5 rings (SSSR count). The topological polar surface area (TPSA) is 70.3 Å². The van der Waals surface area contributed by atoms with Crippen LogP contribution in [-0.2, 0) is 0 Å². The lowest BCUT2D eigenvalue weighted by Gasteiger charge is -2.08. The van der Waals surface area contributed by atoms with Crippen LogP contribution < -0.4 is 9.47 Å². The standard InChI is InChI=1S/C21H16N3O3/c1-2-7-19-17(6-1)22-21(27-19)18-10-11-20(24-23-18)26-16-5-3-4-15(12-16)25-13-14-8-9-14/h1,3-7,10-12,14H,8-9,13H2. The van der Waals surface area contributed by atoms with E-state index in [4.69, 9.17) is 13.9 Å². The molecular weight excluding hydrogens is 342 g/mol. The smallest absolute Gasteiger partial charge is 0.248 e. The number of fused-ring (bicyclic) bond motifs is 1. The number of benzene rings is 2. The highest BCUT2D eigenvalue weighted by Gasteiger charge is 2.21. The van der Waals surface area contributed by atoms with E-state index in [1.807, 2.05) is 30.3 Å². The van der Waals surface area contributed by atoms with Gasteiger partial charge in [-0.25, -0.2) is 4.98 Å². The van der Waals surface area contributed by atoms with Gasteiger partial charge in [-0.05, 0) is 55.2 Å². The molecule has 1 radical (unpaired) electrons.